The summed E-state index contributed by atoms with van der Waals surface area (Å²) >= 11 is 0. The van der Waals surface area contributed by atoms with E-state index in [2.05, 4.69) is 11.8 Å². The number of imide groups is 1. The van der Waals surface area contributed by atoms with Gasteiger partial charge >= 0.3 is 0 Å². The summed E-state index contributed by atoms with van der Waals surface area (Å²) in [6, 6.07) is 5.40. The molecule has 1 heterocycles. The number of benzene rings is 1. The lowest BCUT2D eigenvalue weighted by Crippen LogP contribution is -2.43. The van der Waals surface area contributed by atoms with Gasteiger partial charge in [0.25, 0.3) is 0 Å². The van der Waals surface area contributed by atoms with Crippen LogP contribution in [0.4, 0.5) is 5.69 Å². The van der Waals surface area contributed by atoms with Crippen molar-refractivity contribution in [3.63, 3.8) is 0 Å². The normalized spacial score (nSPS) is 16.1. The molecule has 0 aromatic heterocycles. The third-order valence-electron chi connectivity index (χ3n) is 3.24. The number of piperidine rings is 1. The van der Waals surface area contributed by atoms with Crippen molar-refractivity contribution in [2.75, 3.05) is 11.5 Å². The predicted molar refractivity (Wildman–Crippen MR) is 76.0 cm³/mol. The molecule has 4 nitrogen and oxygen atoms in total. The van der Waals surface area contributed by atoms with Crippen molar-refractivity contribution in [1.29, 1.82) is 0 Å². The zero-order valence-corrected chi connectivity index (χ0v) is 11.6. The Labute approximate surface area is 118 Å². The van der Waals surface area contributed by atoms with Crippen LogP contribution in [0.25, 0.3) is 0 Å². The molecule has 1 fully saturated rings. The Hall–Kier alpha value is -2.12. The fourth-order valence-corrected chi connectivity index (χ4v) is 2.34. The summed E-state index contributed by atoms with van der Waals surface area (Å²) in [5.74, 6) is 5.08. The summed E-state index contributed by atoms with van der Waals surface area (Å²) in [4.78, 5) is 25.5. The molecule has 2 rings (SSSR count). The molecule has 20 heavy (non-hydrogen) atoms. The van der Waals surface area contributed by atoms with E-state index in [1.807, 2.05) is 26.0 Å². The molecule has 0 atom stereocenters. The maximum atomic E-state index is 12.1. The van der Waals surface area contributed by atoms with Crippen molar-refractivity contribution in [1.82, 2.24) is 0 Å². The van der Waals surface area contributed by atoms with E-state index < -0.39 is 0 Å². The van der Waals surface area contributed by atoms with Crippen LogP contribution in [0.15, 0.2) is 18.2 Å². The van der Waals surface area contributed by atoms with Crippen molar-refractivity contribution in [3.05, 3.63) is 29.3 Å². The molecule has 0 unspecified atom stereocenters. The molecule has 1 saturated heterocycles. The quantitative estimate of drug-likeness (QED) is 0.624. The predicted octanol–water partition coefficient (Wildman–Crippen LogP) is 1.63. The summed E-state index contributed by atoms with van der Waals surface area (Å²) in [6.07, 6.45) is 0.735. The zero-order chi connectivity index (χ0) is 14.7. The van der Waals surface area contributed by atoms with Gasteiger partial charge in [0.1, 0.15) is 6.61 Å². The first kappa shape index (κ1) is 14.3. The van der Waals surface area contributed by atoms with Gasteiger partial charge in [0.05, 0.1) is 5.69 Å². The number of aliphatic hydroxyl groups excluding tert-OH is 1. The Morgan fingerprint density at radius 3 is 2.55 bits per heavy atom. The van der Waals surface area contributed by atoms with Gasteiger partial charge in [-0.1, -0.05) is 24.8 Å². The van der Waals surface area contributed by atoms with E-state index in [1.54, 1.807) is 6.07 Å². The smallest absolute Gasteiger partial charge is 0.234 e. The SMILES string of the molecule is Cc1ccc(N2C(=O)CC(C)CC2=O)c(C#CCO)c1. The number of rotatable bonds is 1. The molecule has 2 amide bonds. The fraction of sp³-hybridized carbons (Fsp3) is 0.375. The van der Waals surface area contributed by atoms with Crippen LogP contribution in [-0.2, 0) is 9.59 Å². The molecule has 1 aromatic rings. The van der Waals surface area contributed by atoms with Gasteiger partial charge in [-0.3, -0.25) is 9.59 Å². The molecule has 1 aromatic carbocycles. The molecule has 0 radical (unpaired) electrons. The zero-order valence-electron chi connectivity index (χ0n) is 11.6. The van der Waals surface area contributed by atoms with Crippen LogP contribution in [-0.4, -0.2) is 23.5 Å². The van der Waals surface area contributed by atoms with Gasteiger partial charge in [-0.15, -0.1) is 0 Å². The first-order valence-electron chi connectivity index (χ1n) is 6.59. The lowest BCUT2D eigenvalue weighted by atomic mass is 9.96. The number of nitrogens with zero attached hydrogens (tertiary/aromatic N) is 1. The Balaban J connectivity index is 2.46. The van der Waals surface area contributed by atoms with E-state index >= 15 is 0 Å². The highest BCUT2D eigenvalue weighted by Crippen LogP contribution is 2.28. The summed E-state index contributed by atoms with van der Waals surface area (Å²) in [5, 5.41) is 8.82. The molecule has 1 aliphatic rings. The monoisotopic (exact) mass is 271 g/mol. The van der Waals surface area contributed by atoms with Crippen LogP contribution < -0.4 is 4.90 Å². The van der Waals surface area contributed by atoms with E-state index in [0.717, 1.165) is 5.56 Å². The summed E-state index contributed by atoms with van der Waals surface area (Å²) in [5.41, 5.74) is 2.09. The number of carbonyl (C=O) groups is 2. The Kier molecular flexibility index (Phi) is 4.21. The van der Waals surface area contributed by atoms with Crippen LogP contribution in [0.2, 0.25) is 0 Å². The van der Waals surface area contributed by atoms with Gasteiger partial charge in [0.15, 0.2) is 0 Å². The van der Waals surface area contributed by atoms with Gasteiger partial charge in [-0.25, -0.2) is 4.90 Å². The Morgan fingerprint density at radius 1 is 1.30 bits per heavy atom. The number of amides is 2. The second-order valence-corrected chi connectivity index (χ2v) is 5.12. The average Bonchev–Trinajstić information content (AvgIpc) is 2.37. The molecule has 0 aliphatic carbocycles. The van der Waals surface area contributed by atoms with Gasteiger partial charge < -0.3 is 5.11 Å². The van der Waals surface area contributed by atoms with E-state index in [4.69, 9.17) is 5.11 Å². The van der Waals surface area contributed by atoms with Gasteiger partial charge in [-0.05, 0) is 30.5 Å². The standard InChI is InChI=1S/C16H17NO3/c1-11-5-6-14(13(8-11)4-3-7-18)17-15(19)9-12(2)10-16(17)20/h5-6,8,12,18H,7,9-10H2,1-2H3. The fourth-order valence-electron chi connectivity index (χ4n) is 2.34. The van der Waals surface area contributed by atoms with Crippen LogP contribution in [0.3, 0.4) is 0 Å². The molecular weight excluding hydrogens is 254 g/mol. The molecule has 1 N–H and O–H groups in total. The highest BCUT2D eigenvalue weighted by molar-refractivity contribution is 6.17. The Morgan fingerprint density at radius 2 is 1.95 bits per heavy atom. The third kappa shape index (κ3) is 2.89. The number of aryl methyl sites for hydroxylation is 1. The molecule has 0 spiro atoms. The first-order chi connectivity index (χ1) is 9.52. The maximum Gasteiger partial charge on any atom is 0.234 e. The molecule has 104 valence electrons. The minimum atomic E-state index is -0.258. The van der Waals surface area contributed by atoms with Gasteiger partial charge in [0, 0.05) is 18.4 Å². The highest BCUT2D eigenvalue weighted by Gasteiger charge is 2.32. The second kappa shape index (κ2) is 5.89. The number of hydrogen-bond acceptors (Lipinski definition) is 3. The van der Waals surface area contributed by atoms with Crippen LogP contribution in [0.1, 0.15) is 30.9 Å². The largest absolute Gasteiger partial charge is 0.384 e. The Bertz CT molecular complexity index is 592. The molecule has 4 heteroatoms. The average molecular weight is 271 g/mol. The first-order valence-corrected chi connectivity index (χ1v) is 6.59. The van der Waals surface area contributed by atoms with E-state index in [1.165, 1.54) is 4.90 Å². The van der Waals surface area contributed by atoms with Crippen LogP contribution in [0, 0.1) is 24.7 Å². The highest BCUT2D eigenvalue weighted by atomic mass is 16.2. The summed E-state index contributed by atoms with van der Waals surface area (Å²) < 4.78 is 0. The summed E-state index contributed by atoms with van der Waals surface area (Å²) in [6.45, 7) is 3.55. The lowest BCUT2D eigenvalue weighted by molar-refractivity contribution is -0.130. The number of carbonyl (C=O) groups excluding carboxylic acids is 2. The summed E-state index contributed by atoms with van der Waals surface area (Å²) in [7, 11) is 0. The van der Waals surface area contributed by atoms with E-state index in [-0.39, 0.29) is 24.3 Å². The van der Waals surface area contributed by atoms with Gasteiger partial charge in [-0.2, -0.15) is 0 Å². The maximum absolute atomic E-state index is 12.1. The van der Waals surface area contributed by atoms with Gasteiger partial charge in [0.2, 0.25) is 11.8 Å². The minimum absolute atomic E-state index is 0.0867. The topological polar surface area (TPSA) is 57.6 Å². The van der Waals surface area contributed by atoms with Crippen molar-refractivity contribution < 1.29 is 14.7 Å². The van der Waals surface area contributed by atoms with Crippen molar-refractivity contribution >= 4 is 17.5 Å². The van der Waals surface area contributed by atoms with Crippen molar-refractivity contribution in [2.45, 2.75) is 26.7 Å². The number of anilines is 1. The molecule has 1 aliphatic heterocycles. The van der Waals surface area contributed by atoms with Crippen molar-refractivity contribution in [3.8, 4) is 11.8 Å². The van der Waals surface area contributed by atoms with E-state index in [0.29, 0.717) is 24.1 Å². The van der Waals surface area contributed by atoms with Crippen LogP contribution in [0.5, 0.6) is 0 Å². The number of hydrogen-bond donors (Lipinski definition) is 1. The molecule has 0 bridgehead atoms. The number of aliphatic hydroxyl groups is 1. The van der Waals surface area contributed by atoms with Crippen LogP contribution >= 0.6 is 0 Å². The minimum Gasteiger partial charge on any atom is -0.384 e. The van der Waals surface area contributed by atoms with E-state index in [9.17, 15) is 9.59 Å². The molecule has 0 saturated carbocycles. The third-order valence-corrected chi connectivity index (χ3v) is 3.24. The lowest BCUT2D eigenvalue weighted by Gasteiger charge is -2.29. The molecular formula is C16H17NO3. The second-order valence-electron chi connectivity index (χ2n) is 5.12. The van der Waals surface area contributed by atoms with Crippen molar-refractivity contribution in [2.24, 2.45) is 5.92 Å².